The fraction of sp³-hybridized carbons (Fsp3) is 0.389. The van der Waals surface area contributed by atoms with Crippen molar-refractivity contribution in [1.29, 1.82) is 0 Å². The van der Waals surface area contributed by atoms with E-state index in [0.717, 1.165) is 11.0 Å². The molecule has 144 valence electrons. The van der Waals surface area contributed by atoms with Crippen molar-refractivity contribution in [2.45, 2.75) is 13.0 Å². The predicted molar refractivity (Wildman–Crippen MR) is 101 cm³/mol. The highest BCUT2D eigenvalue weighted by Crippen LogP contribution is 2.19. The lowest BCUT2D eigenvalue weighted by molar-refractivity contribution is 0.197. The molecular weight excluding hydrogens is 353 g/mol. The summed E-state index contributed by atoms with van der Waals surface area (Å²) in [7, 11) is 4.59. The summed E-state index contributed by atoms with van der Waals surface area (Å²) in [5.41, 5.74) is -0.00530. The molecule has 0 radical (unpaired) electrons. The first-order valence-corrected chi connectivity index (χ1v) is 8.58. The van der Waals surface area contributed by atoms with E-state index in [-0.39, 0.29) is 23.5 Å². The Balaban J connectivity index is 2.16. The van der Waals surface area contributed by atoms with E-state index in [4.69, 9.17) is 4.74 Å². The Kier molecular flexibility index (Phi) is 5.41. The average Bonchev–Trinajstić information content (AvgIpc) is 3.02. The highest BCUT2D eigenvalue weighted by atomic mass is 19.1. The monoisotopic (exact) mass is 375 g/mol. The molecule has 2 aromatic heterocycles. The molecule has 0 fully saturated rings. The number of aromatic nitrogens is 4. The van der Waals surface area contributed by atoms with E-state index in [9.17, 15) is 14.0 Å². The molecule has 0 saturated carbocycles. The molecule has 2 heterocycles. The van der Waals surface area contributed by atoms with Gasteiger partial charge in [0, 0.05) is 39.9 Å². The van der Waals surface area contributed by atoms with Crippen molar-refractivity contribution in [1.82, 2.24) is 18.7 Å². The molecule has 0 aliphatic rings. The van der Waals surface area contributed by atoms with Crippen molar-refractivity contribution < 1.29 is 9.13 Å². The van der Waals surface area contributed by atoms with Gasteiger partial charge < -0.3 is 10.1 Å². The lowest BCUT2D eigenvalue weighted by Crippen LogP contribution is -2.37. The lowest BCUT2D eigenvalue weighted by atomic mass is 10.2. The van der Waals surface area contributed by atoms with Crippen LogP contribution in [0.25, 0.3) is 11.2 Å². The second kappa shape index (κ2) is 7.75. The number of aryl methyl sites for hydroxylation is 1. The zero-order chi connectivity index (χ0) is 19.6. The molecule has 3 rings (SSSR count). The van der Waals surface area contributed by atoms with Gasteiger partial charge in [-0.25, -0.2) is 9.18 Å². The number of imidazole rings is 1. The lowest BCUT2D eigenvalue weighted by Gasteiger charge is -2.11. The van der Waals surface area contributed by atoms with Crippen molar-refractivity contribution in [3.8, 4) is 0 Å². The van der Waals surface area contributed by atoms with Crippen LogP contribution in [0.1, 0.15) is 12.0 Å². The largest absolute Gasteiger partial charge is 0.385 e. The molecule has 1 N–H and O–H groups in total. The maximum atomic E-state index is 14.2. The van der Waals surface area contributed by atoms with E-state index in [0.29, 0.717) is 24.7 Å². The average molecular weight is 375 g/mol. The third kappa shape index (κ3) is 3.50. The third-order valence-electron chi connectivity index (χ3n) is 4.44. The summed E-state index contributed by atoms with van der Waals surface area (Å²) >= 11 is 0. The van der Waals surface area contributed by atoms with Gasteiger partial charge in [0.05, 0.1) is 6.54 Å². The number of nitrogens with one attached hydrogen (secondary N) is 1. The van der Waals surface area contributed by atoms with E-state index in [1.54, 1.807) is 36.9 Å². The minimum Gasteiger partial charge on any atom is -0.385 e. The second-order valence-electron chi connectivity index (χ2n) is 6.26. The summed E-state index contributed by atoms with van der Waals surface area (Å²) in [6.45, 7) is 1.24. The van der Waals surface area contributed by atoms with Crippen LogP contribution < -0.4 is 16.6 Å². The standard InChI is InChI=1S/C18H22FN5O3/c1-22-15-14(16(25)23(2)18(22)26)24(11-12-7-4-5-8-13(12)19)17(21-15)20-9-6-10-27-3/h4-5,7-8H,6,9-11H2,1-3H3,(H,20,21). The van der Waals surface area contributed by atoms with Gasteiger partial charge in [-0.1, -0.05) is 18.2 Å². The van der Waals surface area contributed by atoms with Crippen LogP contribution in [0, 0.1) is 5.82 Å². The number of halogens is 1. The zero-order valence-electron chi connectivity index (χ0n) is 15.5. The Labute approximate surface area is 154 Å². The number of rotatable bonds is 7. The molecule has 0 bridgehead atoms. The molecule has 1 aromatic carbocycles. The van der Waals surface area contributed by atoms with Crippen LogP contribution in [-0.2, 0) is 25.4 Å². The molecule has 0 unspecified atom stereocenters. The predicted octanol–water partition coefficient (Wildman–Crippen LogP) is 1.07. The van der Waals surface area contributed by atoms with Crippen LogP contribution in [0.2, 0.25) is 0 Å². The van der Waals surface area contributed by atoms with Gasteiger partial charge in [0.25, 0.3) is 5.56 Å². The first-order valence-electron chi connectivity index (χ1n) is 8.58. The number of benzene rings is 1. The van der Waals surface area contributed by atoms with Gasteiger partial charge in [0.15, 0.2) is 11.2 Å². The Morgan fingerprint density at radius 2 is 1.93 bits per heavy atom. The van der Waals surface area contributed by atoms with E-state index in [1.807, 2.05) is 0 Å². The fourth-order valence-corrected chi connectivity index (χ4v) is 2.95. The summed E-state index contributed by atoms with van der Waals surface area (Å²) in [5.74, 6) is 0.0361. The second-order valence-corrected chi connectivity index (χ2v) is 6.26. The summed E-state index contributed by atoms with van der Waals surface area (Å²) < 4.78 is 23.2. The summed E-state index contributed by atoms with van der Waals surface area (Å²) in [5, 5.41) is 3.16. The quantitative estimate of drug-likeness (QED) is 0.625. The molecule has 0 aliphatic carbocycles. The van der Waals surface area contributed by atoms with Crippen molar-refractivity contribution in [3.63, 3.8) is 0 Å². The molecule has 0 spiro atoms. The number of hydrogen-bond acceptors (Lipinski definition) is 5. The van der Waals surface area contributed by atoms with Gasteiger partial charge in [0.2, 0.25) is 5.95 Å². The van der Waals surface area contributed by atoms with Gasteiger partial charge in [-0.2, -0.15) is 4.98 Å². The summed E-state index contributed by atoms with van der Waals surface area (Å²) in [4.78, 5) is 29.4. The minimum atomic E-state index is -0.470. The minimum absolute atomic E-state index is 0.114. The highest BCUT2D eigenvalue weighted by Gasteiger charge is 2.19. The van der Waals surface area contributed by atoms with Gasteiger partial charge >= 0.3 is 5.69 Å². The molecule has 3 aromatic rings. The van der Waals surface area contributed by atoms with Crippen LogP contribution in [0.3, 0.4) is 0 Å². The van der Waals surface area contributed by atoms with Crippen LogP contribution in [-0.4, -0.2) is 38.9 Å². The zero-order valence-corrected chi connectivity index (χ0v) is 15.5. The molecule has 0 atom stereocenters. The van der Waals surface area contributed by atoms with E-state index in [1.165, 1.54) is 17.7 Å². The van der Waals surface area contributed by atoms with E-state index < -0.39 is 11.2 Å². The Morgan fingerprint density at radius 1 is 1.19 bits per heavy atom. The summed E-state index contributed by atoms with van der Waals surface area (Å²) in [6, 6.07) is 6.37. The van der Waals surface area contributed by atoms with Gasteiger partial charge in [-0.3, -0.25) is 18.5 Å². The normalized spacial score (nSPS) is 11.3. The molecule has 0 aliphatic heterocycles. The van der Waals surface area contributed by atoms with Crippen LogP contribution in [0.15, 0.2) is 33.9 Å². The Bertz CT molecular complexity index is 1080. The fourth-order valence-electron chi connectivity index (χ4n) is 2.95. The molecule has 9 heteroatoms. The third-order valence-corrected chi connectivity index (χ3v) is 4.44. The number of methoxy groups -OCH3 is 1. The van der Waals surface area contributed by atoms with Gasteiger partial charge in [-0.15, -0.1) is 0 Å². The maximum absolute atomic E-state index is 14.2. The van der Waals surface area contributed by atoms with Crippen molar-refractivity contribution in [3.05, 3.63) is 56.5 Å². The molecule has 8 nitrogen and oxygen atoms in total. The maximum Gasteiger partial charge on any atom is 0.332 e. The number of ether oxygens (including phenoxy) is 1. The van der Waals surface area contributed by atoms with Crippen LogP contribution >= 0.6 is 0 Å². The molecule has 0 amide bonds. The van der Waals surface area contributed by atoms with Crippen molar-refractivity contribution >= 4 is 17.1 Å². The topological polar surface area (TPSA) is 83.1 Å². The molecular formula is C18H22FN5O3. The van der Waals surface area contributed by atoms with Crippen molar-refractivity contribution in [2.75, 3.05) is 25.6 Å². The van der Waals surface area contributed by atoms with Crippen LogP contribution in [0.5, 0.6) is 0 Å². The Morgan fingerprint density at radius 3 is 2.63 bits per heavy atom. The smallest absolute Gasteiger partial charge is 0.332 e. The van der Waals surface area contributed by atoms with E-state index in [2.05, 4.69) is 10.3 Å². The van der Waals surface area contributed by atoms with Gasteiger partial charge in [-0.05, 0) is 12.5 Å². The highest BCUT2D eigenvalue weighted by molar-refractivity contribution is 5.74. The number of anilines is 1. The SMILES string of the molecule is COCCCNc1nc2c(c(=O)n(C)c(=O)n2C)n1Cc1ccccc1F. The first kappa shape index (κ1) is 18.8. The Hall–Kier alpha value is -2.94. The summed E-state index contributed by atoms with van der Waals surface area (Å²) in [6.07, 6.45) is 0.732. The molecule has 0 saturated heterocycles. The number of fused-ring (bicyclic) bond motifs is 1. The molecule has 27 heavy (non-hydrogen) atoms. The van der Waals surface area contributed by atoms with Crippen molar-refractivity contribution in [2.24, 2.45) is 14.1 Å². The first-order chi connectivity index (χ1) is 13.0. The van der Waals surface area contributed by atoms with Crippen LogP contribution in [0.4, 0.5) is 10.3 Å². The van der Waals surface area contributed by atoms with Gasteiger partial charge in [0.1, 0.15) is 5.82 Å². The number of hydrogen-bond donors (Lipinski definition) is 1. The van der Waals surface area contributed by atoms with E-state index >= 15 is 0 Å². The number of nitrogens with zero attached hydrogens (tertiary/aromatic N) is 4.